The van der Waals surface area contributed by atoms with Crippen LogP contribution < -0.4 is 11.1 Å². The number of nitrogens with one attached hydrogen (secondary N) is 1. The van der Waals surface area contributed by atoms with Gasteiger partial charge in [0.25, 0.3) is 0 Å². The molecular formula is C11H16BrN3O. The van der Waals surface area contributed by atoms with Gasteiger partial charge in [0.15, 0.2) is 0 Å². The number of nitrogen functional groups attached to an aromatic ring is 1. The van der Waals surface area contributed by atoms with Gasteiger partial charge in [0.05, 0.1) is 28.1 Å². The molecule has 0 aliphatic carbocycles. The van der Waals surface area contributed by atoms with E-state index in [4.69, 9.17) is 10.5 Å². The number of ether oxygens (including phenoxy) is 1. The van der Waals surface area contributed by atoms with Gasteiger partial charge in [-0.2, -0.15) is 0 Å². The lowest BCUT2D eigenvalue weighted by molar-refractivity contribution is 0.107. The summed E-state index contributed by atoms with van der Waals surface area (Å²) in [6.07, 6.45) is 7.19. The smallest absolute Gasteiger partial charge is 0.0750 e. The van der Waals surface area contributed by atoms with Crippen LogP contribution in [0.1, 0.15) is 19.3 Å². The van der Waals surface area contributed by atoms with Gasteiger partial charge < -0.3 is 15.8 Å². The molecule has 1 unspecified atom stereocenters. The molecule has 0 aromatic carbocycles. The summed E-state index contributed by atoms with van der Waals surface area (Å²) in [4.78, 5) is 3.99. The number of nitrogens with two attached hydrogens (primary N) is 1. The Kier molecular flexibility index (Phi) is 4.01. The third-order valence-corrected chi connectivity index (χ3v) is 3.32. The van der Waals surface area contributed by atoms with Crippen LogP contribution in [0.15, 0.2) is 16.9 Å². The summed E-state index contributed by atoms with van der Waals surface area (Å²) in [7, 11) is 0. The first-order valence-electron chi connectivity index (χ1n) is 5.52. The van der Waals surface area contributed by atoms with E-state index < -0.39 is 0 Å². The van der Waals surface area contributed by atoms with Crippen LogP contribution in [0.3, 0.4) is 0 Å². The van der Waals surface area contributed by atoms with Crippen LogP contribution in [-0.2, 0) is 4.74 Å². The predicted octanol–water partition coefficient (Wildman–Crippen LogP) is 2.41. The fraction of sp³-hybridized carbons (Fsp3) is 0.545. The number of hydrogen-bond donors (Lipinski definition) is 2. The third kappa shape index (κ3) is 2.86. The summed E-state index contributed by atoms with van der Waals surface area (Å²) < 4.78 is 6.46. The molecule has 4 nitrogen and oxygen atoms in total. The highest BCUT2D eigenvalue weighted by Gasteiger charge is 2.15. The molecule has 1 aromatic heterocycles. The van der Waals surface area contributed by atoms with Gasteiger partial charge in [-0.25, -0.2) is 0 Å². The molecule has 0 saturated carbocycles. The lowest BCUT2D eigenvalue weighted by Gasteiger charge is -2.13. The van der Waals surface area contributed by atoms with Gasteiger partial charge in [0, 0.05) is 19.3 Å². The Hall–Kier alpha value is -0.810. The second-order valence-electron chi connectivity index (χ2n) is 3.94. The standard InChI is InChI=1S/C11H16BrN3O/c12-9-6-14-7-10(13)11(9)15-4-3-8-2-1-5-16-8/h6-8H,1-5,13H2,(H,14,15). The zero-order valence-corrected chi connectivity index (χ0v) is 10.7. The van der Waals surface area contributed by atoms with Crippen molar-refractivity contribution in [2.24, 2.45) is 0 Å². The maximum Gasteiger partial charge on any atom is 0.0750 e. The van der Waals surface area contributed by atoms with Crippen molar-refractivity contribution in [1.29, 1.82) is 0 Å². The number of hydrogen-bond acceptors (Lipinski definition) is 4. The minimum atomic E-state index is 0.411. The van der Waals surface area contributed by atoms with Crippen LogP contribution in [0, 0.1) is 0 Å². The molecule has 1 fully saturated rings. The Morgan fingerprint density at radius 2 is 2.44 bits per heavy atom. The Labute approximate surface area is 104 Å². The second-order valence-corrected chi connectivity index (χ2v) is 4.79. The molecule has 3 N–H and O–H groups in total. The molecule has 0 spiro atoms. The molecule has 0 radical (unpaired) electrons. The average molecular weight is 286 g/mol. The number of nitrogens with zero attached hydrogens (tertiary/aromatic N) is 1. The molecule has 5 heteroatoms. The summed E-state index contributed by atoms with van der Waals surface area (Å²) in [6, 6.07) is 0. The molecule has 1 aliphatic rings. The number of anilines is 2. The van der Waals surface area contributed by atoms with Crippen molar-refractivity contribution in [1.82, 2.24) is 4.98 Å². The van der Waals surface area contributed by atoms with E-state index in [1.807, 2.05) is 0 Å². The second kappa shape index (κ2) is 5.50. The van der Waals surface area contributed by atoms with Gasteiger partial charge in [-0.05, 0) is 35.2 Å². The first kappa shape index (κ1) is 11.7. The topological polar surface area (TPSA) is 60.2 Å². The van der Waals surface area contributed by atoms with Crippen molar-refractivity contribution < 1.29 is 4.74 Å². The van der Waals surface area contributed by atoms with Crippen molar-refractivity contribution in [3.63, 3.8) is 0 Å². The van der Waals surface area contributed by atoms with E-state index >= 15 is 0 Å². The van der Waals surface area contributed by atoms with Crippen molar-refractivity contribution in [2.45, 2.75) is 25.4 Å². The van der Waals surface area contributed by atoms with Crippen LogP contribution in [0.4, 0.5) is 11.4 Å². The van der Waals surface area contributed by atoms with Crippen molar-refractivity contribution >= 4 is 27.3 Å². The zero-order valence-electron chi connectivity index (χ0n) is 9.08. The summed E-state index contributed by atoms with van der Waals surface area (Å²) in [5, 5.41) is 3.32. The molecule has 0 bridgehead atoms. The van der Waals surface area contributed by atoms with Crippen LogP contribution in [0.5, 0.6) is 0 Å². The average Bonchev–Trinajstić information content (AvgIpc) is 2.75. The van der Waals surface area contributed by atoms with E-state index in [2.05, 4.69) is 26.2 Å². The Morgan fingerprint density at radius 1 is 1.56 bits per heavy atom. The van der Waals surface area contributed by atoms with Gasteiger partial charge in [-0.15, -0.1) is 0 Å². The van der Waals surface area contributed by atoms with Crippen molar-refractivity contribution in [3.8, 4) is 0 Å². The van der Waals surface area contributed by atoms with Gasteiger partial charge in [0.1, 0.15) is 0 Å². The Balaban J connectivity index is 1.84. The number of pyridine rings is 1. The van der Waals surface area contributed by atoms with Crippen molar-refractivity contribution in [2.75, 3.05) is 24.2 Å². The highest BCUT2D eigenvalue weighted by molar-refractivity contribution is 9.10. The van der Waals surface area contributed by atoms with E-state index in [-0.39, 0.29) is 0 Å². The van der Waals surface area contributed by atoms with E-state index in [1.54, 1.807) is 12.4 Å². The minimum Gasteiger partial charge on any atom is -0.396 e. The first-order chi connectivity index (χ1) is 7.77. The maximum absolute atomic E-state index is 5.83. The molecule has 1 aliphatic heterocycles. The van der Waals surface area contributed by atoms with Gasteiger partial charge in [0.2, 0.25) is 0 Å². The summed E-state index contributed by atoms with van der Waals surface area (Å²) in [6.45, 7) is 1.78. The van der Waals surface area contributed by atoms with Gasteiger partial charge >= 0.3 is 0 Å². The monoisotopic (exact) mass is 285 g/mol. The quantitative estimate of drug-likeness (QED) is 0.892. The highest BCUT2D eigenvalue weighted by Crippen LogP contribution is 2.27. The molecule has 1 atom stereocenters. The fourth-order valence-electron chi connectivity index (χ4n) is 1.87. The minimum absolute atomic E-state index is 0.411. The Morgan fingerprint density at radius 3 is 3.12 bits per heavy atom. The molecule has 2 heterocycles. The van der Waals surface area contributed by atoms with Gasteiger partial charge in [-0.1, -0.05) is 0 Å². The lowest BCUT2D eigenvalue weighted by Crippen LogP contribution is -2.13. The lowest BCUT2D eigenvalue weighted by atomic mass is 10.2. The van der Waals surface area contributed by atoms with Crippen LogP contribution in [0.2, 0.25) is 0 Å². The molecular weight excluding hydrogens is 270 g/mol. The predicted molar refractivity (Wildman–Crippen MR) is 68.4 cm³/mol. The maximum atomic E-state index is 5.83. The van der Waals surface area contributed by atoms with E-state index in [9.17, 15) is 0 Å². The van der Waals surface area contributed by atoms with Crippen LogP contribution >= 0.6 is 15.9 Å². The molecule has 2 rings (SSSR count). The van der Waals surface area contributed by atoms with Gasteiger partial charge in [-0.3, -0.25) is 4.98 Å². The van der Waals surface area contributed by atoms with Crippen LogP contribution in [0.25, 0.3) is 0 Å². The highest BCUT2D eigenvalue weighted by atomic mass is 79.9. The zero-order chi connectivity index (χ0) is 11.4. The molecule has 16 heavy (non-hydrogen) atoms. The molecule has 0 amide bonds. The largest absolute Gasteiger partial charge is 0.396 e. The number of halogens is 1. The normalized spacial score (nSPS) is 19.9. The van der Waals surface area contributed by atoms with E-state index in [0.717, 1.165) is 29.7 Å². The van der Waals surface area contributed by atoms with E-state index in [0.29, 0.717) is 11.8 Å². The first-order valence-corrected chi connectivity index (χ1v) is 6.31. The van der Waals surface area contributed by atoms with E-state index in [1.165, 1.54) is 12.8 Å². The summed E-state index contributed by atoms with van der Waals surface area (Å²) in [5.41, 5.74) is 7.42. The molecule has 1 saturated heterocycles. The van der Waals surface area contributed by atoms with Crippen LogP contribution in [-0.4, -0.2) is 24.2 Å². The summed E-state index contributed by atoms with van der Waals surface area (Å²) >= 11 is 3.42. The van der Waals surface area contributed by atoms with Crippen molar-refractivity contribution in [3.05, 3.63) is 16.9 Å². The molecule has 1 aromatic rings. The summed E-state index contributed by atoms with van der Waals surface area (Å²) in [5.74, 6) is 0. The third-order valence-electron chi connectivity index (χ3n) is 2.72. The molecule has 88 valence electrons. The Bertz CT molecular complexity index is 333. The fourth-order valence-corrected chi connectivity index (χ4v) is 2.35. The number of rotatable bonds is 4. The number of aromatic nitrogens is 1. The SMILES string of the molecule is Nc1cncc(Br)c1NCCC1CCCO1.